The number of benzene rings is 2. The van der Waals surface area contributed by atoms with Gasteiger partial charge >= 0.3 is 0 Å². The number of hydrogen-bond donors (Lipinski definition) is 2. The van der Waals surface area contributed by atoms with Gasteiger partial charge in [0.1, 0.15) is 0 Å². The fourth-order valence-electron chi connectivity index (χ4n) is 3.54. The summed E-state index contributed by atoms with van der Waals surface area (Å²) in [6.45, 7) is 3.78. The lowest BCUT2D eigenvalue weighted by molar-refractivity contribution is -0.124. The largest absolute Gasteiger partial charge is 0.350 e. The molecular formula is C25H31N3O2. The number of amides is 2. The molecule has 2 N–H and O–H groups in total. The molecule has 0 saturated carbocycles. The third-order valence-electron chi connectivity index (χ3n) is 5.27. The molecule has 0 atom stereocenters. The first-order valence-corrected chi connectivity index (χ1v) is 10.8. The summed E-state index contributed by atoms with van der Waals surface area (Å²) in [6.07, 6.45) is 8.44. The van der Waals surface area contributed by atoms with E-state index in [1.54, 1.807) is 6.08 Å². The monoisotopic (exact) mass is 405 g/mol. The first-order chi connectivity index (χ1) is 14.7. The Hall–Kier alpha value is -2.92. The average Bonchev–Trinajstić information content (AvgIpc) is 3.05. The molecule has 2 aromatic carbocycles. The van der Waals surface area contributed by atoms with Crippen LogP contribution in [-0.2, 0) is 22.7 Å². The number of rotatable bonds is 8. The van der Waals surface area contributed by atoms with E-state index in [4.69, 9.17) is 0 Å². The smallest absolute Gasteiger partial charge is 0.244 e. The zero-order valence-electron chi connectivity index (χ0n) is 17.5. The van der Waals surface area contributed by atoms with Gasteiger partial charge in [-0.3, -0.25) is 14.5 Å². The Balaban J connectivity index is 1.36. The Morgan fingerprint density at radius 3 is 2.20 bits per heavy atom. The molecule has 0 aromatic heterocycles. The molecule has 2 amide bonds. The number of likely N-dealkylation sites (tertiary alicyclic amines) is 1. The minimum atomic E-state index is -0.285. The molecule has 1 fully saturated rings. The van der Waals surface area contributed by atoms with Gasteiger partial charge in [0.15, 0.2) is 0 Å². The van der Waals surface area contributed by atoms with Crippen molar-refractivity contribution in [2.45, 2.75) is 38.8 Å². The van der Waals surface area contributed by atoms with Gasteiger partial charge in [0.05, 0.1) is 6.54 Å². The van der Waals surface area contributed by atoms with Crippen LogP contribution in [0.3, 0.4) is 0 Å². The van der Waals surface area contributed by atoms with E-state index >= 15 is 0 Å². The SMILES string of the molecule is O=C(/C=C/c1ccccc1)NCC(=O)NCc1ccc(CN2CCCCCC2)cc1. The molecule has 1 saturated heterocycles. The number of carbonyl (C=O) groups excluding carboxylic acids is 2. The third kappa shape index (κ3) is 7.84. The molecule has 0 radical (unpaired) electrons. The van der Waals surface area contributed by atoms with Crippen LogP contribution >= 0.6 is 0 Å². The highest BCUT2D eigenvalue weighted by atomic mass is 16.2. The fraction of sp³-hybridized carbons (Fsp3) is 0.360. The van der Waals surface area contributed by atoms with Gasteiger partial charge in [0.25, 0.3) is 0 Å². The van der Waals surface area contributed by atoms with Crippen LogP contribution in [0, 0.1) is 0 Å². The molecule has 158 valence electrons. The van der Waals surface area contributed by atoms with Gasteiger partial charge < -0.3 is 10.6 Å². The standard InChI is InChI=1S/C25H31N3O2/c29-24(15-14-21-8-4-3-5-9-21)27-19-25(30)26-18-22-10-12-23(13-11-22)20-28-16-6-1-2-7-17-28/h3-5,8-15H,1-2,6-7,16-20H2,(H,26,30)(H,27,29)/b15-14+. The minimum Gasteiger partial charge on any atom is -0.350 e. The van der Waals surface area contributed by atoms with Crippen molar-refractivity contribution in [2.75, 3.05) is 19.6 Å². The molecule has 1 aliphatic rings. The van der Waals surface area contributed by atoms with Crippen molar-refractivity contribution >= 4 is 17.9 Å². The summed E-state index contributed by atoms with van der Waals surface area (Å²) < 4.78 is 0. The normalized spacial score (nSPS) is 14.9. The van der Waals surface area contributed by atoms with Crippen molar-refractivity contribution in [3.05, 3.63) is 77.4 Å². The molecule has 1 heterocycles. The van der Waals surface area contributed by atoms with E-state index in [9.17, 15) is 9.59 Å². The van der Waals surface area contributed by atoms with Gasteiger partial charge in [-0.1, -0.05) is 67.4 Å². The van der Waals surface area contributed by atoms with E-state index in [0.717, 1.165) is 17.7 Å². The van der Waals surface area contributed by atoms with Crippen LogP contribution in [0.5, 0.6) is 0 Å². The maximum absolute atomic E-state index is 12.0. The average molecular weight is 406 g/mol. The predicted molar refractivity (Wildman–Crippen MR) is 121 cm³/mol. The molecular weight excluding hydrogens is 374 g/mol. The van der Waals surface area contributed by atoms with E-state index in [-0.39, 0.29) is 18.4 Å². The highest BCUT2D eigenvalue weighted by Gasteiger charge is 2.09. The Morgan fingerprint density at radius 2 is 1.50 bits per heavy atom. The first kappa shape index (κ1) is 21.8. The summed E-state index contributed by atoms with van der Waals surface area (Å²) in [5.41, 5.74) is 3.30. The van der Waals surface area contributed by atoms with Crippen molar-refractivity contribution in [3.63, 3.8) is 0 Å². The van der Waals surface area contributed by atoms with Crippen LogP contribution in [-0.4, -0.2) is 36.3 Å². The Kier molecular flexibility index (Phi) is 8.66. The lowest BCUT2D eigenvalue weighted by atomic mass is 10.1. The second kappa shape index (κ2) is 11.9. The van der Waals surface area contributed by atoms with Crippen LogP contribution in [0.2, 0.25) is 0 Å². The quantitative estimate of drug-likeness (QED) is 0.661. The summed E-state index contributed by atoms with van der Waals surface area (Å²) in [5, 5.41) is 5.45. The highest BCUT2D eigenvalue weighted by Crippen LogP contribution is 2.14. The molecule has 5 nitrogen and oxygen atoms in total. The predicted octanol–water partition coefficient (Wildman–Crippen LogP) is 3.51. The van der Waals surface area contributed by atoms with Gasteiger partial charge in [0.2, 0.25) is 11.8 Å². The van der Waals surface area contributed by atoms with Gasteiger partial charge in [-0.25, -0.2) is 0 Å². The zero-order valence-corrected chi connectivity index (χ0v) is 17.5. The molecule has 0 bridgehead atoms. The van der Waals surface area contributed by atoms with E-state index in [0.29, 0.717) is 6.54 Å². The minimum absolute atomic E-state index is 0.0367. The van der Waals surface area contributed by atoms with Gasteiger partial charge in [-0.05, 0) is 48.7 Å². The summed E-state index contributed by atoms with van der Waals surface area (Å²) in [6, 6.07) is 18.0. The Labute approximate surface area is 179 Å². The summed E-state index contributed by atoms with van der Waals surface area (Å²) in [5.74, 6) is -0.489. The van der Waals surface area contributed by atoms with Crippen LogP contribution in [0.25, 0.3) is 6.08 Å². The van der Waals surface area contributed by atoms with E-state index < -0.39 is 0 Å². The topological polar surface area (TPSA) is 61.4 Å². The number of carbonyl (C=O) groups is 2. The number of nitrogens with zero attached hydrogens (tertiary/aromatic N) is 1. The number of hydrogen-bond acceptors (Lipinski definition) is 3. The maximum Gasteiger partial charge on any atom is 0.244 e. The Bertz CT molecular complexity index is 823. The van der Waals surface area contributed by atoms with Crippen molar-refractivity contribution in [3.8, 4) is 0 Å². The van der Waals surface area contributed by atoms with E-state index in [2.05, 4.69) is 39.8 Å². The lowest BCUT2D eigenvalue weighted by Crippen LogP contribution is -2.35. The Morgan fingerprint density at radius 1 is 0.833 bits per heavy atom. The van der Waals surface area contributed by atoms with Gasteiger partial charge in [-0.2, -0.15) is 0 Å². The van der Waals surface area contributed by atoms with Crippen LogP contribution in [0.1, 0.15) is 42.4 Å². The van der Waals surface area contributed by atoms with Crippen LogP contribution in [0.15, 0.2) is 60.7 Å². The molecule has 5 heteroatoms. The summed E-state index contributed by atoms with van der Waals surface area (Å²) >= 11 is 0. The molecule has 0 aliphatic carbocycles. The summed E-state index contributed by atoms with van der Waals surface area (Å²) in [7, 11) is 0. The second-order valence-electron chi connectivity index (χ2n) is 7.75. The molecule has 2 aromatic rings. The highest BCUT2D eigenvalue weighted by molar-refractivity contribution is 5.94. The first-order valence-electron chi connectivity index (χ1n) is 10.8. The van der Waals surface area contributed by atoms with Crippen LogP contribution in [0.4, 0.5) is 0 Å². The molecule has 30 heavy (non-hydrogen) atoms. The van der Waals surface area contributed by atoms with Crippen LogP contribution < -0.4 is 10.6 Å². The maximum atomic E-state index is 12.0. The van der Waals surface area contributed by atoms with Gasteiger partial charge in [-0.15, -0.1) is 0 Å². The van der Waals surface area contributed by atoms with Crippen molar-refractivity contribution < 1.29 is 9.59 Å². The van der Waals surface area contributed by atoms with Crippen molar-refractivity contribution in [2.24, 2.45) is 0 Å². The molecule has 0 unspecified atom stereocenters. The number of nitrogens with one attached hydrogen (secondary N) is 2. The molecule has 3 rings (SSSR count). The molecule has 1 aliphatic heterocycles. The summed E-state index contributed by atoms with van der Waals surface area (Å²) in [4.78, 5) is 26.4. The van der Waals surface area contributed by atoms with E-state index in [1.807, 2.05) is 30.3 Å². The lowest BCUT2D eigenvalue weighted by Gasteiger charge is -2.19. The third-order valence-corrected chi connectivity index (χ3v) is 5.27. The fourth-order valence-corrected chi connectivity index (χ4v) is 3.54. The van der Waals surface area contributed by atoms with E-state index in [1.165, 1.54) is 50.4 Å². The van der Waals surface area contributed by atoms with Gasteiger partial charge in [0, 0.05) is 19.2 Å². The second-order valence-corrected chi connectivity index (χ2v) is 7.75. The van der Waals surface area contributed by atoms with Crippen molar-refractivity contribution in [1.29, 1.82) is 0 Å². The zero-order chi connectivity index (χ0) is 21.0. The molecule has 0 spiro atoms. The van der Waals surface area contributed by atoms with Crippen molar-refractivity contribution in [1.82, 2.24) is 15.5 Å².